The van der Waals surface area contributed by atoms with Crippen molar-refractivity contribution in [1.29, 1.82) is 0 Å². The predicted octanol–water partition coefficient (Wildman–Crippen LogP) is 3.43. The second-order valence-corrected chi connectivity index (χ2v) is 4.80. The third-order valence-corrected chi connectivity index (χ3v) is 3.35. The summed E-state index contributed by atoms with van der Waals surface area (Å²) in [5.74, 6) is 1.60. The summed E-state index contributed by atoms with van der Waals surface area (Å²) in [5.41, 5.74) is 7.62. The molecular formula is C16H18ClNO2. The zero-order valence-corrected chi connectivity index (χ0v) is 12.2. The van der Waals surface area contributed by atoms with E-state index in [0.717, 1.165) is 22.6 Å². The molecule has 2 N–H and O–H groups in total. The smallest absolute Gasteiger partial charge is 0.124 e. The van der Waals surface area contributed by atoms with Gasteiger partial charge >= 0.3 is 0 Å². The van der Waals surface area contributed by atoms with Crippen molar-refractivity contribution in [3.63, 3.8) is 0 Å². The van der Waals surface area contributed by atoms with Crippen LogP contribution in [-0.2, 0) is 13.0 Å². The fraction of sp³-hybridized carbons (Fsp3) is 0.250. The molecule has 0 unspecified atom stereocenters. The number of nitrogens with two attached hydrogens (primary N) is 1. The van der Waals surface area contributed by atoms with Crippen molar-refractivity contribution < 1.29 is 9.47 Å². The summed E-state index contributed by atoms with van der Waals surface area (Å²) in [6.45, 7) is 1.01. The van der Waals surface area contributed by atoms with Crippen molar-refractivity contribution in [2.24, 2.45) is 5.73 Å². The normalized spacial score (nSPS) is 10.3. The van der Waals surface area contributed by atoms with E-state index in [2.05, 4.69) is 0 Å². The van der Waals surface area contributed by atoms with Crippen LogP contribution in [0.25, 0.3) is 0 Å². The van der Waals surface area contributed by atoms with E-state index in [0.29, 0.717) is 24.6 Å². The number of benzene rings is 2. The number of hydrogen-bond acceptors (Lipinski definition) is 3. The Labute approximate surface area is 124 Å². The Bertz CT molecular complexity index is 572. The Morgan fingerprint density at radius 3 is 2.70 bits per heavy atom. The number of ether oxygens (including phenoxy) is 2. The Morgan fingerprint density at radius 1 is 1.15 bits per heavy atom. The van der Waals surface area contributed by atoms with Gasteiger partial charge in [-0.05, 0) is 42.8 Å². The van der Waals surface area contributed by atoms with Gasteiger partial charge in [0.2, 0.25) is 0 Å². The Balaban J connectivity index is 2.12. The lowest BCUT2D eigenvalue weighted by Gasteiger charge is -2.13. The largest absolute Gasteiger partial charge is 0.497 e. The van der Waals surface area contributed by atoms with E-state index < -0.39 is 0 Å². The van der Waals surface area contributed by atoms with Crippen molar-refractivity contribution in [2.75, 3.05) is 13.7 Å². The molecule has 0 bridgehead atoms. The molecule has 2 rings (SSSR count). The van der Waals surface area contributed by atoms with Crippen molar-refractivity contribution in [2.45, 2.75) is 13.0 Å². The second kappa shape index (κ2) is 7.17. The highest BCUT2D eigenvalue weighted by atomic mass is 35.5. The molecule has 3 nitrogen and oxygen atoms in total. The van der Waals surface area contributed by atoms with E-state index in [1.54, 1.807) is 7.11 Å². The third-order valence-electron chi connectivity index (χ3n) is 3.00. The van der Waals surface area contributed by atoms with Crippen LogP contribution in [0.3, 0.4) is 0 Å². The fourth-order valence-electron chi connectivity index (χ4n) is 1.98. The van der Waals surface area contributed by atoms with Crippen LogP contribution in [0.5, 0.6) is 11.5 Å². The molecule has 0 heterocycles. The minimum absolute atomic E-state index is 0.467. The highest BCUT2D eigenvalue weighted by molar-refractivity contribution is 6.31. The molecule has 0 saturated heterocycles. The van der Waals surface area contributed by atoms with E-state index in [1.165, 1.54) is 0 Å². The summed E-state index contributed by atoms with van der Waals surface area (Å²) in [5, 5.41) is 0.693. The van der Waals surface area contributed by atoms with Gasteiger partial charge in [-0.1, -0.05) is 29.8 Å². The SMILES string of the molecule is COc1cccc(COc2cccc(Cl)c2CCN)c1. The van der Waals surface area contributed by atoms with Crippen LogP contribution in [0, 0.1) is 0 Å². The topological polar surface area (TPSA) is 44.5 Å². The maximum atomic E-state index is 6.18. The lowest BCUT2D eigenvalue weighted by molar-refractivity contribution is 0.302. The monoisotopic (exact) mass is 291 g/mol. The minimum atomic E-state index is 0.467. The maximum absolute atomic E-state index is 6.18. The van der Waals surface area contributed by atoms with Crippen molar-refractivity contribution in [1.82, 2.24) is 0 Å². The molecule has 106 valence electrons. The molecule has 0 amide bonds. The van der Waals surface area contributed by atoms with E-state index >= 15 is 0 Å². The number of rotatable bonds is 6. The quantitative estimate of drug-likeness (QED) is 0.887. The predicted molar refractivity (Wildman–Crippen MR) is 81.5 cm³/mol. The molecule has 0 fully saturated rings. The average Bonchev–Trinajstić information content (AvgIpc) is 2.48. The van der Waals surface area contributed by atoms with E-state index in [-0.39, 0.29) is 0 Å². The molecule has 20 heavy (non-hydrogen) atoms. The highest BCUT2D eigenvalue weighted by Gasteiger charge is 2.08. The van der Waals surface area contributed by atoms with Crippen LogP contribution in [0.4, 0.5) is 0 Å². The molecular weight excluding hydrogens is 274 g/mol. The average molecular weight is 292 g/mol. The molecule has 2 aromatic carbocycles. The molecule has 0 saturated carbocycles. The van der Waals surface area contributed by atoms with Gasteiger partial charge < -0.3 is 15.2 Å². The number of methoxy groups -OCH3 is 1. The number of hydrogen-bond donors (Lipinski definition) is 1. The van der Waals surface area contributed by atoms with Crippen molar-refractivity contribution >= 4 is 11.6 Å². The van der Waals surface area contributed by atoms with Gasteiger partial charge in [0.05, 0.1) is 7.11 Å². The summed E-state index contributed by atoms with van der Waals surface area (Å²) in [7, 11) is 1.65. The highest BCUT2D eigenvalue weighted by Crippen LogP contribution is 2.27. The van der Waals surface area contributed by atoms with Crippen LogP contribution in [0.1, 0.15) is 11.1 Å². The van der Waals surface area contributed by atoms with Crippen LogP contribution < -0.4 is 15.2 Å². The first-order valence-electron chi connectivity index (χ1n) is 6.47. The lowest BCUT2D eigenvalue weighted by atomic mass is 10.1. The standard InChI is InChI=1S/C16H18ClNO2/c1-19-13-5-2-4-12(10-13)11-20-16-7-3-6-15(17)14(16)8-9-18/h2-7,10H,8-9,11,18H2,1H3. The van der Waals surface area contributed by atoms with Gasteiger partial charge in [0.1, 0.15) is 18.1 Å². The third kappa shape index (κ3) is 3.65. The van der Waals surface area contributed by atoms with Crippen LogP contribution in [-0.4, -0.2) is 13.7 Å². The van der Waals surface area contributed by atoms with E-state index in [4.69, 9.17) is 26.8 Å². The Kier molecular flexibility index (Phi) is 5.27. The van der Waals surface area contributed by atoms with E-state index in [9.17, 15) is 0 Å². The van der Waals surface area contributed by atoms with Crippen LogP contribution >= 0.6 is 11.6 Å². The molecule has 0 aliphatic rings. The molecule has 0 aromatic heterocycles. The zero-order valence-electron chi connectivity index (χ0n) is 11.4. The van der Waals surface area contributed by atoms with Crippen LogP contribution in [0.15, 0.2) is 42.5 Å². The van der Waals surface area contributed by atoms with Gasteiger partial charge in [-0.25, -0.2) is 0 Å². The van der Waals surface area contributed by atoms with Crippen molar-refractivity contribution in [3.8, 4) is 11.5 Å². The summed E-state index contributed by atoms with van der Waals surface area (Å²) < 4.78 is 11.1. The molecule has 2 aromatic rings. The fourth-order valence-corrected chi connectivity index (χ4v) is 2.24. The maximum Gasteiger partial charge on any atom is 0.124 e. The van der Waals surface area contributed by atoms with Crippen molar-refractivity contribution in [3.05, 3.63) is 58.6 Å². The first-order chi connectivity index (χ1) is 9.74. The van der Waals surface area contributed by atoms with Gasteiger partial charge in [-0.15, -0.1) is 0 Å². The Morgan fingerprint density at radius 2 is 1.95 bits per heavy atom. The molecule has 4 heteroatoms. The lowest BCUT2D eigenvalue weighted by Crippen LogP contribution is -2.06. The first-order valence-corrected chi connectivity index (χ1v) is 6.85. The van der Waals surface area contributed by atoms with Crippen LogP contribution in [0.2, 0.25) is 5.02 Å². The number of halogens is 1. The van der Waals surface area contributed by atoms with Gasteiger partial charge in [-0.3, -0.25) is 0 Å². The molecule has 0 aliphatic carbocycles. The molecule has 0 aliphatic heterocycles. The second-order valence-electron chi connectivity index (χ2n) is 4.40. The molecule has 0 atom stereocenters. The first kappa shape index (κ1) is 14.7. The summed E-state index contributed by atoms with van der Waals surface area (Å²) >= 11 is 6.18. The summed E-state index contributed by atoms with van der Waals surface area (Å²) in [6.07, 6.45) is 0.702. The van der Waals surface area contributed by atoms with Gasteiger partial charge in [0.25, 0.3) is 0 Å². The van der Waals surface area contributed by atoms with Gasteiger partial charge in [0.15, 0.2) is 0 Å². The summed E-state index contributed by atoms with van der Waals surface area (Å²) in [4.78, 5) is 0. The zero-order chi connectivity index (χ0) is 14.4. The minimum Gasteiger partial charge on any atom is -0.497 e. The van der Waals surface area contributed by atoms with Gasteiger partial charge in [0, 0.05) is 10.6 Å². The molecule has 0 radical (unpaired) electrons. The van der Waals surface area contributed by atoms with E-state index in [1.807, 2.05) is 42.5 Å². The summed E-state index contributed by atoms with van der Waals surface area (Å²) in [6, 6.07) is 13.4. The molecule has 0 spiro atoms. The van der Waals surface area contributed by atoms with Gasteiger partial charge in [-0.2, -0.15) is 0 Å². The Hall–Kier alpha value is -1.71.